The molecule has 0 aromatic heterocycles. The summed E-state index contributed by atoms with van der Waals surface area (Å²) >= 11 is 3.40. The van der Waals surface area contributed by atoms with Crippen LogP contribution in [0.25, 0.3) is 0 Å². The van der Waals surface area contributed by atoms with E-state index < -0.39 is 28.5 Å². The molecule has 0 heterocycles. The highest BCUT2D eigenvalue weighted by Gasteiger charge is 2.35. The van der Waals surface area contributed by atoms with Crippen LogP contribution < -0.4 is 14.4 Å². The third-order valence-electron chi connectivity index (χ3n) is 8.02. The summed E-state index contributed by atoms with van der Waals surface area (Å²) in [6, 6.07) is 27.7. The van der Waals surface area contributed by atoms with Crippen molar-refractivity contribution in [2.75, 3.05) is 18.0 Å². The summed E-state index contributed by atoms with van der Waals surface area (Å²) in [6.07, 6.45) is 0.968. The Bertz CT molecular complexity index is 1780. The number of carbonyl (C=O) groups is 2. The summed E-state index contributed by atoms with van der Waals surface area (Å²) in [5.41, 5.74) is 3.99. The van der Waals surface area contributed by atoms with Gasteiger partial charge in [-0.3, -0.25) is 13.9 Å². The van der Waals surface area contributed by atoms with Crippen molar-refractivity contribution < 1.29 is 22.7 Å². The smallest absolute Gasteiger partial charge is 0.264 e. The van der Waals surface area contributed by atoms with Gasteiger partial charge >= 0.3 is 0 Å². The number of ether oxygens (including phenoxy) is 1. The Balaban J connectivity index is 1.82. The van der Waals surface area contributed by atoms with E-state index in [9.17, 15) is 18.0 Å². The van der Waals surface area contributed by atoms with Gasteiger partial charge in [-0.25, -0.2) is 8.42 Å². The largest absolute Gasteiger partial charge is 0.496 e. The lowest BCUT2D eigenvalue weighted by Gasteiger charge is -2.34. The first kappa shape index (κ1) is 35.7. The van der Waals surface area contributed by atoms with E-state index in [1.54, 1.807) is 30.3 Å². The molecule has 0 aliphatic rings. The molecule has 1 N–H and O–H groups in total. The van der Waals surface area contributed by atoms with Crippen molar-refractivity contribution in [2.45, 2.75) is 64.1 Å². The third-order valence-corrected chi connectivity index (χ3v) is 10.4. The zero-order valence-electron chi connectivity index (χ0n) is 27.4. The molecule has 248 valence electrons. The fourth-order valence-electron chi connectivity index (χ4n) is 5.18. The first-order chi connectivity index (χ1) is 22.4. The maximum absolute atomic E-state index is 14.6. The molecule has 0 saturated heterocycles. The average Bonchev–Trinajstić information content (AvgIpc) is 3.05. The van der Waals surface area contributed by atoms with Crippen molar-refractivity contribution in [3.05, 3.63) is 124 Å². The van der Waals surface area contributed by atoms with Crippen molar-refractivity contribution in [3.63, 3.8) is 0 Å². The van der Waals surface area contributed by atoms with Crippen LogP contribution in [0.2, 0.25) is 0 Å². The number of amides is 2. The van der Waals surface area contributed by atoms with Gasteiger partial charge in [0.1, 0.15) is 18.3 Å². The predicted octanol–water partition coefficient (Wildman–Crippen LogP) is 6.82. The van der Waals surface area contributed by atoms with Crippen molar-refractivity contribution in [2.24, 2.45) is 0 Å². The molecule has 0 aliphatic heterocycles. The number of methoxy groups -OCH3 is 1. The minimum absolute atomic E-state index is 0.0147. The number of halogens is 1. The Morgan fingerprint density at radius 1 is 0.872 bits per heavy atom. The topological polar surface area (TPSA) is 96.0 Å². The van der Waals surface area contributed by atoms with Gasteiger partial charge in [-0.1, -0.05) is 84.8 Å². The highest BCUT2D eigenvalue weighted by Crippen LogP contribution is 2.31. The lowest BCUT2D eigenvalue weighted by molar-refractivity contribution is -0.140. The molecule has 0 aliphatic carbocycles. The zero-order valence-corrected chi connectivity index (χ0v) is 29.8. The summed E-state index contributed by atoms with van der Waals surface area (Å²) in [4.78, 5) is 30.1. The molecule has 2 amide bonds. The molecule has 4 aromatic rings. The van der Waals surface area contributed by atoms with Crippen LogP contribution in [0.3, 0.4) is 0 Å². The number of benzene rings is 4. The van der Waals surface area contributed by atoms with E-state index in [0.717, 1.165) is 26.6 Å². The molecular weight excluding hydrogens is 678 g/mol. The molecule has 0 bridgehead atoms. The normalized spacial score (nSPS) is 12.6. The van der Waals surface area contributed by atoms with E-state index in [0.29, 0.717) is 22.3 Å². The number of nitrogens with zero attached hydrogens (tertiary/aromatic N) is 2. The van der Waals surface area contributed by atoms with E-state index in [1.165, 1.54) is 24.1 Å². The van der Waals surface area contributed by atoms with Gasteiger partial charge in [0, 0.05) is 19.0 Å². The summed E-state index contributed by atoms with van der Waals surface area (Å²) in [5.74, 6) is -0.334. The summed E-state index contributed by atoms with van der Waals surface area (Å²) in [6.45, 7) is 7.36. The predicted molar refractivity (Wildman–Crippen MR) is 190 cm³/mol. The van der Waals surface area contributed by atoms with Crippen LogP contribution in [-0.4, -0.2) is 50.9 Å². The molecule has 0 unspecified atom stereocenters. The van der Waals surface area contributed by atoms with Crippen molar-refractivity contribution in [3.8, 4) is 5.75 Å². The van der Waals surface area contributed by atoms with Crippen LogP contribution in [0.5, 0.6) is 5.75 Å². The lowest BCUT2D eigenvalue weighted by Crippen LogP contribution is -2.54. The molecule has 47 heavy (non-hydrogen) atoms. The second-order valence-electron chi connectivity index (χ2n) is 11.7. The number of hydrogen-bond donors (Lipinski definition) is 1. The fourth-order valence-corrected chi connectivity index (χ4v) is 7.31. The van der Waals surface area contributed by atoms with Crippen molar-refractivity contribution in [1.82, 2.24) is 10.2 Å². The van der Waals surface area contributed by atoms with Gasteiger partial charge in [-0.2, -0.15) is 0 Å². The van der Waals surface area contributed by atoms with Crippen molar-refractivity contribution >= 4 is 43.5 Å². The second kappa shape index (κ2) is 16.1. The molecule has 4 aromatic carbocycles. The standard InChI is InChI=1S/C37H42BrN3O5S/c1-6-28(4)39-37(43)34(22-29-12-8-7-9-13-29)40(24-30-14-10-11-27(3)21-30)36(42)25-41(31-17-15-26(2)16-18-31)47(44,45)32-19-20-35(46-5)33(38)23-32/h7-21,23,28,34H,6,22,24-25H2,1-5H3,(H,39,43)/t28-,34+/m1/s1. The molecule has 2 atom stereocenters. The van der Waals surface area contributed by atoms with Crippen LogP contribution in [0.15, 0.2) is 106 Å². The molecule has 0 fully saturated rings. The first-order valence-corrected chi connectivity index (χ1v) is 17.8. The van der Waals surface area contributed by atoms with Crippen LogP contribution in [0, 0.1) is 13.8 Å². The Labute approximate surface area is 286 Å². The van der Waals surface area contributed by atoms with Gasteiger partial charge < -0.3 is 15.0 Å². The van der Waals surface area contributed by atoms with Crippen LogP contribution in [0.1, 0.15) is 42.5 Å². The van der Waals surface area contributed by atoms with Gasteiger partial charge in [-0.05, 0) is 84.6 Å². The molecule has 0 radical (unpaired) electrons. The Morgan fingerprint density at radius 2 is 1.55 bits per heavy atom. The second-order valence-corrected chi connectivity index (χ2v) is 14.4. The first-order valence-electron chi connectivity index (χ1n) is 15.5. The van der Waals surface area contributed by atoms with Crippen LogP contribution >= 0.6 is 15.9 Å². The fraction of sp³-hybridized carbons (Fsp3) is 0.297. The molecule has 10 heteroatoms. The Kier molecular flexibility index (Phi) is 12.2. The number of nitrogens with one attached hydrogen (secondary N) is 1. The monoisotopic (exact) mass is 719 g/mol. The number of anilines is 1. The summed E-state index contributed by atoms with van der Waals surface area (Å²) < 4.78 is 35.5. The van der Waals surface area contributed by atoms with E-state index in [2.05, 4.69) is 21.2 Å². The minimum atomic E-state index is -4.25. The maximum Gasteiger partial charge on any atom is 0.264 e. The number of aryl methyl sites for hydroxylation is 2. The van der Waals surface area contributed by atoms with E-state index in [1.807, 2.05) is 82.3 Å². The molecule has 0 spiro atoms. The van der Waals surface area contributed by atoms with Crippen molar-refractivity contribution in [1.29, 1.82) is 0 Å². The SMILES string of the molecule is CC[C@@H](C)NC(=O)[C@H](Cc1ccccc1)N(Cc1cccc(C)c1)C(=O)CN(c1ccc(C)cc1)S(=O)(=O)c1ccc(OC)c(Br)c1. The van der Waals surface area contributed by atoms with E-state index in [4.69, 9.17) is 4.74 Å². The lowest BCUT2D eigenvalue weighted by atomic mass is 10.0. The van der Waals surface area contributed by atoms with Gasteiger partial charge in [0.15, 0.2) is 0 Å². The highest BCUT2D eigenvalue weighted by atomic mass is 79.9. The summed E-state index contributed by atoms with van der Waals surface area (Å²) in [7, 11) is -2.75. The number of carbonyl (C=O) groups excluding carboxylic acids is 2. The van der Waals surface area contributed by atoms with Crippen LogP contribution in [0.4, 0.5) is 5.69 Å². The summed E-state index contributed by atoms with van der Waals surface area (Å²) in [5, 5.41) is 3.07. The Morgan fingerprint density at radius 3 is 2.17 bits per heavy atom. The molecule has 0 saturated carbocycles. The van der Waals surface area contributed by atoms with E-state index in [-0.39, 0.29) is 29.8 Å². The van der Waals surface area contributed by atoms with Crippen LogP contribution in [-0.2, 0) is 32.6 Å². The highest BCUT2D eigenvalue weighted by molar-refractivity contribution is 9.10. The Hall–Kier alpha value is -4.15. The molecule has 8 nitrogen and oxygen atoms in total. The third kappa shape index (κ3) is 9.23. The quantitative estimate of drug-likeness (QED) is 0.154. The number of sulfonamides is 1. The molecule has 4 rings (SSSR count). The number of hydrogen-bond acceptors (Lipinski definition) is 5. The van der Waals surface area contributed by atoms with Gasteiger partial charge in [0.05, 0.1) is 22.2 Å². The maximum atomic E-state index is 14.6. The van der Waals surface area contributed by atoms with Gasteiger partial charge in [0.2, 0.25) is 11.8 Å². The zero-order chi connectivity index (χ0) is 34.1. The van der Waals surface area contributed by atoms with E-state index >= 15 is 0 Å². The average molecular weight is 721 g/mol. The molecular formula is C37H42BrN3O5S. The van der Waals surface area contributed by atoms with Gasteiger partial charge in [-0.15, -0.1) is 0 Å². The number of rotatable bonds is 14. The van der Waals surface area contributed by atoms with Gasteiger partial charge in [0.25, 0.3) is 10.0 Å². The minimum Gasteiger partial charge on any atom is -0.496 e.